The molecule has 0 spiro atoms. The number of carbonyl (C=O) groups is 1. The smallest absolute Gasteiger partial charge is 0.433 e. The molecule has 0 aliphatic heterocycles. The molecule has 1 N–H and O–H groups in total. The van der Waals surface area contributed by atoms with E-state index in [2.05, 4.69) is 15.4 Å². The Bertz CT molecular complexity index is 1160. The molecule has 4 rings (SSSR count). The topological polar surface area (TPSA) is 72.4 Å². The lowest BCUT2D eigenvalue weighted by atomic mass is 10.2. The van der Waals surface area contributed by atoms with Crippen LogP contribution < -0.4 is 5.32 Å². The van der Waals surface area contributed by atoms with Crippen LogP contribution in [0.25, 0.3) is 17.1 Å². The van der Waals surface area contributed by atoms with Crippen LogP contribution >= 0.6 is 0 Å². The highest BCUT2D eigenvalue weighted by molar-refractivity contribution is 6.08. The zero-order valence-corrected chi connectivity index (χ0v) is 14.5. The van der Waals surface area contributed by atoms with E-state index in [1.807, 2.05) is 6.07 Å². The molecule has 6 nitrogen and oxygen atoms in total. The van der Waals surface area contributed by atoms with Crippen molar-refractivity contribution >= 4 is 17.2 Å². The van der Waals surface area contributed by atoms with E-state index in [0.29, 0.717) is 10.2 Å². The lowest BCUT2D eigenvalue weighted by Gasteiger charge is -2.11. The average molecular weight is 386 g/mol. The Kier molecular flexibility index (Phi) is 4.14. The number of rotatable bonds is 3. The maximum atomic E-state index is 13.5. The van der Waals surface area contributed by atoms with E-state index >= 15 is 0 Å². The van der Waals surface area contributed by atoms with E-state index in [-0.39, 0.29) is 22.7 Å². The molecular formula is C19H13F3N4O2. The number of fused-ring (bicyclic) bond motifs is 1. The average Bonchev–Trinajstić information content (AvgIpc) is 3.31. The Morgan fingerprint density at radius 3 is 2.64 bits per heavy atom. The summed E-state index contributed by atoms with van der Waals surface area (Å²) in [5.41, 5.74) is -0.0406. The molecule has 0 saturated carbocycles. The van der Waals surface area contributed by atoms with Gasteiger partial charge in [0.25, 0.3) is 5.91 Å². The minimum absolute atomic E-state index is 0.0460. The van der Waals surface area contributed by atoms with E-state index in [1.54, 1.807) is 25.1 Å². The molecule has 0 unspecified atom stereocenters. The molecule has 3 aromatic heterocycles. The van der Waals surface area contributed by atoms with E-state index in [4.69, 9.17) is 4.42 Å². The number of aryl methyl sites for hydroxylation is 1. The van der Waals surface area contributed by atoms with Crippen molar-refractivity contribution in [3.05, 3.63) is 71.7 Å². The molecule has 4 aromatic rings. The maximum Gasteiger partial charge on any atom is 0.433 e. The van der Waals surface area contributed by atoms with Gasteiger partial charge in [-0.2, -0.15) is 18.3 Å². The van der Waals surface area contributed by atoms with Gasteiger partial charge in [-0.15, -0.1) is 0 Å². The highest BCUT2D eigenvalue weighted by Gasteiger charge is 2.36. The van der Waals surface area contributed by atoms with Crippen molar-refractivity contribution in [3.63, 3.8) is 0 Å². The number of aromatic nitrogens is 3. The van der Waals surface area contributed by atoms with Gasteiger partial charge in [0, 0.05) is 5.69 Å². The molecule has 1 aromatic carbocycles. The van der Waals surface area contributed by atoms with E-state index in [9.17, 15) is 18.0 Å². The normalized spacial score (nSPS) is 11.7. The number of nitrogens with one attached hydrogen (secondary N) is 1. The van der Waals surface area contributed by atoms with E-state index < -0.39 is 17.8 Å². The number of hydrogen-bond donors (Lipinski definition) is 1. The summed E-state index contributed by atoms with van der Waals surface area (Å²) >= 11 is 0. The second-order valence-electron chi connectivity index (χ2n) is 6.06. The molecule has 0 radical (unpaired) electrons. The van der Waals surface area contributed by atoms with Gasteiger partial charge < -0.3 is 9.73 Å². The molecule has 9 heteroatoms. The van der Waals surface area contributed by atoms with Gasteiger partial charge in [-0.25, -0.2) is 9.50 Å². The van der Waals surface area contributed by atoms with Crippen LogP contribution in [0.1, 0.15) is 21.6 Å². The number of nitrogens with zero attached hydrogens (tertiary/aromatic N) is 3. The third-order valence-corrected chi connectivity index (χ3v) is 4.17. The number of carbonyl (C=O) groups excluding carboxylic acids is 1. The van der Waals surface area contributed by atoms with Gasteiger partial charge in [0.1, 0.15) is 11.3 Å². The first-order chi connectivity index (χ1) is 13.3. The predicted octanol–water partition coefficient (Wildman–Crippen LogP) is 4.57. The minimum atomic E-state index is -4.70. The first-order valence-corrected chi connectivity index (χ1v) is 8.21. The lowest BCUT2D eigenvalue weighted by Crippen LogP contribution is -2.16. The number of alkyl halides is 3. The highest BCUT2D eigenvalue weighted by Crippen LogP contribution is 2.33. The lowest BCUT2D eigenvalue weighted by molar-refractivity contribution is -0.142. The fraction of sp³-hybridized carbons (Fsp3) is 0.105. The third-order valence-electron chi connectivity index (χ3n) is 4.17. The highest BCUT2D eigenvalue weighted by atomic mass is 19.4. The van der Waals surface area contributed by atoms with E-state index in [1.165, 1.54) is 18.4 Å². The van der Waals surface area contributed by atoms with Crippen molar-refractivity contribution in [3.8, 4) is 11.5 Å². The molecule has 28 heavy (non-hydrogen) atoms. The summed E-state index contributed by atoms with van der Waals surface area (Å²) in [7, 11) is 0. The van der Waals surface area contributed by atoms with Crippen LogP contribution in [0.2, 0.25) is 0 Å². The molecule has 0 saturated heterocycles. The number of anilines is 1. The molecule has 0 fully saturated rings. The zero-order valence-electron chi connectivity index (χ0n) is 14.5. The van der Waals surface area contributed by atoms with Crippen molar-refractivity contribution in [1.29, 1.82) is 0 Å². The number of amides is 1. The standard InChI is InChI=1S/C19H13F3N4O2/c1-11-5-2-3-6-13(11)25-18(27)12-10-23-26-16(19(20,21)22)9-14(24-17(12)26)15-7-4-8-28-15/h2-10H,1H3,(H,25,27). The second kappa shape index (κ2) is 6.52. The number of furan rings is 1. The number of halogens is 3. The van der Waals surface area contributed by atoms with Crippen LogP contribution in [0.4, 0.5) is 18.9 Å². The van der Waals surface area contributed by atoms with Crippen LogP contribution in [0.3, 0.4) is 0 Å². The molecule has 142 valence electrons. The van der Waals surface area contributed by atoms with Crippen LogP contribution in [-0.4, -0.2) is 20.5 Å². The first kappa shape index (κ1) is 17.8. The quantitative estimate of drug-likeness (QED) is 0.560. The van der Waals surface area contributed by atoms with Crippen molar-refractivity contribution in [2.45, 2.75) is 13.1 Å². The molecule has 0 atom stereocenters. The van der Waals surface area contributed by atoms with Gasteiger partial charge in [0.05, 0.1) is 12.5 Å². The van der Waals surface area contributed by atoms with Crippen molar-refractivity contribution in [2.24, 2.45) is 0 Å². The largest absolute Gasteiger partial charge is 0.463 e. The van der Waals surface area contributed by atoms with Crippen LogP contribution in [0.15, 0.2) is 59.3 Å². The van der Waals surface area contributed by atoms with Gasteiger partial charge in [0.2, 0.25) is 0 Å². The van der Waals surface area contributed by atoms with E-state index in [0.717, 1.165) is 17.8 Å². The summed E-state index contributed by atoms with van der Waals surface area (Å²) in [4.78, 5) is 16.9. The fourth-order valence-corrected chi connectivity index (χ4v) is 2.78. The Morgan fingerprint density at radius 1 is 1.18 bits per heavy atom. The molecule has 1 amide bonds. The number of para-hydroxylation sites is 1. The fourth-order valence-electron chi connectivity index (χ4n) is 2.78. The molecule has 0 bridgehead atoms. The Morgan fingerprint density at radius 2 is 1.96 bits per heavy atom. The van der Waals surface area contributed by atoms with Gasteiger partial charge in [0.15, 0.2) is 17.1 Å². The second-order valence-corrected chi connectivity index (χ2v) is 6.06. The molecule has 0 aliphatic carbocycles. The van der Waals surface area contributed by atoms with Crippen molar-refractivity contribution < 1.29 is 22.4 Å². The number of hydrogen-bond acceptors (Lipinski definition) is 4. The molecular weight excluding hydrogens is 373 g/mol. The minimum Gasteiger partial charge on any atom is -0.463 e. The van der Waals surface area contributed by atoms with Crippen LogP contribution in [0, 0.1) is 6.92 Å². The van der Waals surface area contributed by atoms with Crippen molar-refractivity contribution in [1.82, 2.24) is 14.6 Å². The molecule has 0 aliphatic rings. The molecule has 3 heterocycles. The Hall–Kier alpha value is -3.62. The monoisotopic (exact) mass is 386 g/mol. The Balaban J connectivity index is 1.85. The summed E-state index contributed by atoms with van der Waals surface area (Å²) in [6.07, 6.45) is -2.30. The number of benzene rings is 1. The van der Waals surface area contributed by atoms with Gasteiger partial charge in [-0.1, -0.05) is 18.2 Å². The van der Waals surface area contributed by atoms with Gasteiger partial charge >= 0.3 is 6.18 Å². The van der Waals surface area contributed by atoms with Gasteiger partial charge in [-0.3, -0.25) is 4.79 Å². The zero-order chi connectivity index (χ0) is 19.9. The first-order valence-electron chi connectivity index (χ1n) is 8.21. The van der Waals surface area contributed by atoms with Crippen LogP contribution in [0.5, 0.6) is 0 Å². The summed E-state index contributed by atoms with van der Waals surface area (Å²) in [5, 5.41) is 6.42. The Labute approximate surface area is 156 Å². The summed E-state index contributed by atoms with van der Waals surface area (Å²) in [6, 6.07) is 10.9. The SMILES string of the molecule is Cc1ccccc1NC(=O)c1cnn2c(C(F)(F)F)cc(-c3ccco3)nc12. The summed E-state index contributed by atoms with van der Waals surface area (Å²) < 4.78 is 46.4. The summed E-state index contributed by atoms with van der Waals surface area (Å²) in [5.74, 6) is -0.457. The summed E-state index contributed by atoms with van der Waals surface area (Å²) in [6.45, 7) is 1.81. The van der Waals surface area contributed by atoms with Crippen molar-refractivity contribution in [2.75, 3.05) is 5.32 Å². The third kappa shape index (κ3) is 3.11. The van der Waals surface area contributed by atoms with Crippen LogP contribution in [-0.2, 0) is 6.18 Å². The van der Waals surface area contributed by atoms with Gasteiger partial charge in [-0.05, 0) is 36.8 Å². The maximum absolute atomic E-state index is 13.5. The predicted molar refractivity (Wildman–Crippen MR) is 94.8 cm³/mol.